The van der Waals surface area contributed by atoms with Crippen LogP contribution in [0.25, 0.3) is 0 Å². The number of halogens is 3. The molecule has 0 radical (unpaired) electrons. The van der Waals surface area contributed by atoms with Crippen molar-refractivity contribution in [1.82, 2.24) is 15.3 Å². The van der Waals surface area contributed by atoms with E-state index in [2.05, 4.69) is 25.9 Å². The summed E-state index contributed by atoms with van der Waals surface area (Å²) in [7, 11) is -3.14. The maximum atomic E-state index is 13.7. The predicted octanol–water partition coefficient (Wildman–Crippen LogP) is 6.17. The number of carbonyl (C=O) groups excluding carboxylic acids is 1. The molecule has 0 aliphatic rings. The van der Waals surface area contributed by atoms with Crippen molar-refractivity contribution in [3.8, 4) is 0 Å². The topological polar surface area (TPSA) is 136 Å². The SMILES string of the molecule is CCC(CC)C(C)(c1ccc(Nc2ncc(C(F)(F)F)c(Nc3ccccc3C(=O)NC)n2)cc1)P(=O)(O)O. The van der Waals surface area contributed by atoms with Crippen molar-refractivity contribution in [3.63, 3.8) is 0 Å². The minimum Gasteiger partial charge on any atom is -0.355 e. The van der Waals surface area contributed by atoms with Gasteiger partial charge in [0.2, 0.25) is 5.95 Å². The third kappa shape index (κ3) is 6.41. The molecular weight excluding hydrogens is 534 g/mol. The lowest BCUT2D eigenvalue weighted by molar-refractivity contribution is -0.137. The molecule has 0 saturated carbocycles. The van der Waals surface area contributed by atoms with Crippen molar-refractivity contribution in [3.05, 3.63) is 71.4 Å². The van der Waals surface area contributed by atoms with Gasteiger partial charge in [0.15, 0.2) is 0 Å². The second-order valence-electron chi connectivity index (χ2n) is 9.11. The lowest BCUT2D eigenvalue weighted by Crippen LogP contribution is -2.31. The van der Waals surface area contributed by atoms with Gasteiger partial charge in [-0.15, -0.1) is 0 Å². The van der Waals surface area contributed by atoms with Crippen molar-refractivity contribution in [2.24, 2.45) is 5.92 Å². The van der Waals surface area contributed by atoms with Gasteiger partial charge < -0.3 is 25.7 Å². The number of hydrogen-bond acceptors (Lipinski definition) is 6. The van der Waals surface area contributed by atoms with Crippen molar-refractivity contribution in [1.29, 1.82) is 0 Å². The summed E-state index contributed by atoms with van der Waals surface area (Å²) in [5.74, 6) is -1.49. The van der Waals surface area contributed by atoms with Gasteiger partial charge in [0.05, 0.1) is 16.4 Å². The van der Waals surface area contributed by atoms with Crippen LogP contribution in [0.5, 0.6) is 0 Å². The molecule has 210 valence electrons. The van der Waals surface area contributed by atoms with E-state index in [9.17, 15) is 32.3 Å². The number of nitrogens with one attached hydrogen (secondary N) is 3. The summed E-state index contributed by atoms with van der Waals surface area (Å²) in [5, 5.41) is 6.46. The number of nitrogens with zero attached hydrogens (tertiary/aromatic N) is 2. The van der Waals surface area contributed by atoms with E-state index >= 15 is 0 Å². The standard InChI is InChI=1S/C26H31F3N5O4P/c1-5-16(6-2)25(3,39(36,37)38)17-11-13-18(14-12-17)32-24-31-15-20(26(27,28)29)22(34-24)33-21-10-8-7-9-19(21)23(35)30-4/h7-16H,5-6H2,1-4H3,(H,30,35)(H2,36,37,38)(H2,31,32,33,34). The summed E-state index contributed by atoms with van der Waals surface area (Å²) < 4.78 is 53.7. The Balaban J connectivity index is 1.97. The number of amides is 1. The zero-order valence-corrected chi connectivity index (χ0v) is 22.8. The molecular formula is C26H31F3N5O4P. The van der Waals surface area contributed by atoms with Crippen LogP contribution in [0.3, 0.4) is 0 Å². The van der Waals surface area contributed by atoms with E-state index < -0.39 is 36.2 Å². The molecule has 13 heteroatoms. The van der Waals surface area contributed by atoms with Gasteiger partial charge in [-0.25, -0.2) is 4.98 Å². The van der Waals surface area contributed by atoms with Crippen molar-refractivity contribution in [2.75, 3.05) is 17.7 Å². The number of anilines is 4. The molecule has 2 aromatic carbocycles. The van der Waals surface area contributed by atoms with Gasteiger partial charge in [-0.1, -0.05) is 51.0 Å². The number of rotatable bonds is 10. The van der Waals surface area contributed by atoms with E-state index in [0.29, 0.717) is 30.3 Å². The fourth-order valence-corrected chi connectivity index (χ4v) is 5.87. The third-order valence-corrected chi connectivity index (χ3v) is 8.69. The van der Waals surface area contributed by atoms with Crippen LogP contribution in [-0.4, -0.2) is 32.7 Å². The van der Waals surface area contributed by atoms with Crippen LogP contribution >= 0.6 is 7.60 Å². The zero-order chi connectivity index (χ0) is 29.0. The van der Waals surface area contributed by atoms with Gasteiger partial charge in [0.25, 0.3) is 5.91 Å². The second kappa shape index (κ2) is 11.7. The summed E-state index contributed by atoms with van der Waals surface area (Å²) in [6.07, 6.45) is -3.01. The second-order valence-corrected chi connectivity index (χ2v) is 11.1. The Kier molecular flexibility index (Phi) is 9.05. The first-order chi connectivity index (χ1) is 18.3. The number of para-hydroxylation sites is 1. The molecule has 0 fully saturated rings. The van der Waals surface area contributed by atoms with Gasteiger partial charge in [-0.2, -0.15) is 18.2 Å². The van der Waals surface area contributed by atoms with Gasteiger partial charge in [-0.3, -0.25) is 9.36 Å². The summed E-state index contributed by atoms with van der Waals surface area (Å²) >= 11 is 0. The van der Waals surface area contributed by atoms with Crippen LogP contribution in [0.4, 0.5) is 36.3 Å². The molecule has 0 spiro atoms. The average Bonchev–Trinajstić information content (AvgIpc) is 2.88. The first-order valence-electron chi connectivity index (χ1n) is 12.2. The molecule has 3 aromatic rings. The molecule has 0 saturated heterocycles. The Morgan fingerprint density at radius 1 is 1.03 bits per heavy atom. The molecule has 1 amide bonds. The van der Waals surface area contributed by atoms with E-state index in [4.69, 9.17) is 0 Å². The molecule has 5 N–H and O–H groups in total. The van der Waals surface area contributed by atoms with Gasteiger partial charge in [-0.05, 0) is 42.7 Å². The van der Waals surface area contributed by atoms with Gasteiger partial charge >= 0.3 is 13.8 Å². The van der Waals surface area contributed by atoms with Crippen LogP contribution < -0.4 is 16.0 Å². The Bertz CT molecular complexity index is 1360. The highest BCUT2D eigenvalue weighted by Gasteiger charge is 2.48. The fraction of sp³-hybridized carbons (Fsp3) is 0.346. The first kappa shape index (κ1) is 30.1. The number of benzene rings is 2. The van der Waals surface area contributed by atoms with Crippen LogP contribution in [0, 0.1) is 5.92 Å². The van der Waals surface area contributed by atoms with E-state index in [1.165, 1.54) is 19.2 Å². The van der Waals surface area contributed by atoms with E-state index in [0.717, 1.165) is 0 Å². The fourth-order valence-electron chi connectivity index (χ4n) is 4.54. The number of hydrogen-bond donors (Lipinski definition) is 5. The molecule has 0 aliphatic heterocycles. The highest BCUT2D eigenvalue weighted by molar-refractivity contribution is 7.53. The summed E-state index contributed by atoms with van der Waals surface area (Å²) in [6.45, 7) is 5.29. The number of alkyl halides is 3. The number of carbonyl (C=O) groups is 1. The van der Waals surface area contributed by atoms with Crippen molar-refractivity contribution >= 4 is 36.6 Å². The lowest BCUT2D eigenvalue weighted by atomic mass is 9.83. The van der Waals surface area contributed by atoms with Gasteiger partial charge in [0.1, 0.15) is 11.4 Å². The quantitative estimate of drug-likeness (QED) is 0.184. The van der Waals surface area contributed by atoms with Crippen molar-refractivity contribution < 1.29 is 32.3 Å². The Morgan fingerprint density at radius 3 is 2.18 bits per heavy atom. The summed E-state index contributed by atoms with van der Waals surface area (Å²) in [5.41, 5.74) is -0.0426. The largest absolute Gasteiger partial charge is 0.421 e. The molecule has 1 atom stereocenters. The van der Waals surface area contributed by atoms with Crippen LogP contribution in [0.15, 0.2) is 54.7 Å². The van der Waals surface area contributed by atoms with Crippen LogP contribution in [0.2, 0.25) is 0 Å². The molecule has 9 nitrogen and oxygen atoms in total. The molecule has 1 heterocycles. The molecule has 1 aromatic heterocycles. The Labute approximate surface area is 224 Å². The molecule has 0 aliphatic carbocycles. The molecule has 1 unspecified atom stereocenters. The minimum atomic E-state index is -4.77. The summed E-state index contributed by atoms with van der Waals surface area (Å²) in [6, 6.07) is 12.3. The van der Waals surface area contributed by atoms with E-state index in [1.807, 2.05) is 13.8 Å². The van der Waals surface area contributed by atoms with Gasteiger partial charge in [0, 0.05) is 18.9 Å². The first-order valence-corrected chi connectivity index (χ1v) is 13.8. The minimum absolute atomic E-state index is 0.120. The van der Waals surface area contributed by atoms with E-state index in [-0.39, 0.29) is 23.1 Å². The smallest absolute Gasteiger partial charge is 0.355 e. The normalized spacial score (nSPS) is 13.6. The van der Waals surface area contributed by atoms with Crippen LogP contribution in [-0.2, 0) is 15.9 Å². The zero-order valence-electron chi connectivity index (χ0n) is 21.9. The van der Waals surface area contributed by atoms with Crippen LogP contribution in [0.1, 0.15) is 55.1 Å². The predicted molar refractivity (Wildman–Crippen MR) is 143 cm³/mol. The Morgan fingerprint density at radius 2 is 1.64 bits per heavy atom. The molecule has 0 bridgehead atoms. The molecule has 39 heavy (non-hydrogen) atoms. The summed E-state index contributed by atoms with van der Waals surface area (Å²) in [4.78, 5) is 40.4. The third-order valence-electron chi connectivity index (χ3n) is 6.86. The Hall–Kier alpha value is -3.47. The highest BCUT2D eigenvalue weighted by Crippen LogP contribution is 2.62. The monoisotopic (exact) mass is 565 g/mol. The average molecular weight is 566 g/mol. The maximum Gasteiger partial charge on any atom is 0.421 e. The lowest BCUT2D eigenvalue weighted by Gasteiger charge is -2.37. The molecule has 3 rings (SSSR count). The van der Waals surface area contributed by atoms with E-state index in [1.54, 1.807) is 43.3 Å². The maximum absolute atomic E-state index is 13.7. The highest BCUT2D eigenvalue weighted by atomic mass is 31.2. The number of aromatic nitrogens is 2. The van der Waals surface area contributed by atoms with Crippen molar-refractivity contribution in [2.45, 2.75) is 44.9 Å².